The molecule has 0 heterocycles. The molecule has 1 aliphatic rings. The monoisotopic (exact) mass is 283 g/mol. The lowest BCUT2D eigenvalue weighted by molar-refractivity contribution is 0.395. The zero-order chi connectivity index (χ0) is 13.9. The molecule has 0 saturated heterocycles. The van der Waals surface area contributed by atoms with Crippen molar-refractivity contribution in [3.8, 4) is 0 Å². The van der Waals surface area contributed by atoms with E-state index in [1.54, 1.807) is 28.6 Å². The maximum Gasteiger partial charge on any atom is 0.243 e. The Hall–Kier alpha value is -1.11. The van der Waals surface area contributed by atoms with Crippen molar-refractivity contribution in [2.45, 2.75) is 31.1 Å². The summed E-state index contributed by atoms with van der Waals surface area (Å²) >= 11 is 0. The van der Waals surface area contributed by atoms with Crippen LogP contribution in [-0.2, 0) is 10.0 Å². The molecule has 1 aromatic rings. The number of nitrogens with zero attached hydrogens (tertiary/aromatic N) is 1. The number of nitrogen functional groups attached to an aromatic ring is 1. The van der Waals surface area contributed by atoms with E-state index in [1.165, 1.54) is 0 Å². The molecule has 6 heteroatoms. The van der Waals surface area contributed by atoms with Crippen LogP contribution in [-0.4, -0.2) is 25.8 Å². The average molecular weight is 283 g/mol. The summed E-state index contributed by atoms with van der Waals surface area (Å²) in [5.74, 6) is 5.83. The molecule has 19 heavy (non-hydrogen) atoms. The molecule has 1 fully saturated rings. The van der Waals surface area contributed by atoms with Gasteiger partial charge in [0.15, 0.2) is 0 Å². The van der Waals surface area contributed by atoms with Crippen molar-refractivity contribution in [3.63, 3.8) is 0 Å². The molecule has 0 aliphatic heterocycles. The van der Waals surface area contributed by atoms with Crippen molar-refractivity contribution in [3.05, 3.63) is 24.3 Å². The lowest BCUT2D eigenvalue weighted by Gasteiger charge is -2.21. The summed E-state index contributed by atoms with van der Waals surface area (Å²) in [7, 11) is -3.38. The molecule has 0 unspecified atom stereocenters. The molecule has 5 nitrogen and oxygen atoms in total. The summed E-state index contributed by atoms with van der Waals surface area (Å²) in [4.78, 5) is 0.334. The van der Waals surface area contributed by atoms with Gasteiger partial charge in [-0.2, -0.15) is 4.31 Å². The van der Waals surface area contributed by atoms with E-state index in [4.69, 9.17) is 5.84 Å². The van der Waals surface area contributed by atoms with Crippen molar-refractivity contribution < 1.29 is 8.42 Å². The standard InChI is InChI=1S/C13H21N3O2S/c1-2-9-16(10-11-3-4-11)19(17,18)13-7-5-12(15-14)6-8-13/h5-8,11,15H,2-4,9-10,14H2,1H3. The van der Waals surface area contributed by atoms with Crippen molar-refractivity contribution in [2.24, 2.45) is 11.8 Å². The van der Waals surface area contributed by atoms with E-state index in [2.05, 4.69) is 5.43 Å². The highest BCUT2D eigenvalue weighted by Crippen LogP contribution is 2.31. The Balaban J connectivity index is 2.20. The summed E-state index contributed by atoms with van der Waals surface area (Å²) in [5.41, 5.74) is 3.19. The summed E-state index contributed by atoms with van der Waals surface area (Å²) in [6.45, 7) is 3.22. The largest absolute Gasteiger partial charge is 0.324 e. The van der Waals surface area contributed by atoms with Gasteiger partial charge >= 0.3 is 0 Å². The van der Waals surface area contributed by atoms with E-state index < -0.39 is 10.0 Å². The Morgan fingerprint density at radius 2 is 1.95 bits per heavy atom. The maximum atomic E-state index is 12.6. The van der Waals surface area contributed by atoms with E-state index >= 15 is 0 Å². The number of rotatable bonds is 7. The molecule has 3 N–H and O–H groups in total. The summed E-state index contributed by atoms with van der Waals surface area (Å²) in [6, 6.07) is 6.54. The lowest BCUT2D eigenvalue weighted by atomic mass is 10.3. The van der Waals surface area contributed by atoms with Gasteiger partial charge in [-0.05, 0) is 49.4 Å². The minimum atomic E-state index is -3.38. The SMILES string of the molecule is CCCN(CC1CC1)S(=O)(=O)c1ccc(NN)cc1. The van der Waals surface area contributed by atoms with Crippen LogP contribution in [0.25, 0.3) is 0 Å². The molecule has 1 aromatic carbocycles. The first-order valence-electron chi connectivity index (χ1n) is 6.64. The Morgan fingerprint density at radius 3 is 2.42 bits per heavy atom. The predicted molar refractivity (Wildman–Crippen MR) is 76.0 cm³/mol. The van der Waals surface area contributed by atoms with E-state index in [9.17, 15) is 8.42 Å². The van der Waals surface area contributed by atoms with Crippen LogP contribution in [0.5, 0.6) is 0 Å². The number of nitrogens with one attached hydrogen (secondary N) is 1. The first kappa shape index (κ1) is 14.3. The van der Waals surface area contributed by atoms with E-state index in [-0.39, 0.29) is 0 Å². The number of hydrogen-bond acceptors (Lipinski definition) is 4. The van der Waals surface area contributed by atoms with Crippen LogP contribution in [0.4, 0.5) is 5.69 Å². The highest BCUT2D eigenvalue weighted by atomic mass is 32.2. The second-order valence-corrected chi connectivity index (χ2v) is 6.91. The Kier molecular flexibility index (Phi) is 4.44. The smallest absolute Gasteiger partial charge is 0.243 e. The van der Waals surface area contributed by atoms with Crippen molar-refractivity contribution >= 4 is 15.7 Å². The quantitative estimate of drug-likeness (QED) is 0.591. The van der Waals surface area contributed by atoms with Gasteiger partial charge in [0, 0.05) is 18.8 Å². The van der Waals surface area contributed by atoms with Crippen molar-refractivity contribution in [1.82, 2.24) is 4.31 Å². The molecular formula is C13H21N3O2S. The zero-order valence-corrected chi connectivity index (χ0v) is 12.0. The molecule has 1 saturated carbocycles. The number of anilines is 1. The van der Waals surface area contributed by atoms with Gasteiger partial charge in [-0.1, -0.05) is 6.92 Å². The predicted octanol–water partition coefficient (Wildman–Crippen LogP) is 1.78. The van der Waals surface area contributed by atoms with Crippen LogP contribution < -0.4 is 11.3 Å². The third-order valence-electron chi connectivity index (χ3n) is 3.29. The molecule has 2 rings (SSSR count). The molecule has 106 valence electrons. The third-order valence-corrected chi connectivity index (χ3v) is 5.17. The molecule has 0 bridgehead atoms. The fraction of sp³-hybridized carbons (Fsp3) is 0.538. The maximum absolute atomic E-state index is 12.6. The highest BCUT2D eigenvalue weighted by molar-refractivity contribution is 7.89. The first-order valence-corrected chi connectivity index (χ1v) is 8.08. The zero-order valence-electron chi connectivity index (χ0n) is 11.2. The van der Waals surface area contributed by atoms with Gasteiger partial charge in [0.25, 0.3) is 0 Å². The number of nitrogens with two attached hydrogens (primary N) is 1. The van der Waals surface area contributed by atoms with Crippen LogP contribution in [0.2, 0.25) is 0 Å². The van der Waals surface area contributed by atoms with Crippen LogP contribution in [0.15, 0.2) is 29.2 Å². The molecule has 0 radical (unpaired) electrons. The van der Waals surface area contributed by atoms with Gasteiger partial charge in [0.05, 0.1) is 4.90 Å². The summed E-state index contributed by atoms with van der Waals surface area (Å²) in [5, 5.41) is 0. The number of hydrogen-bond donors (Lipinski definition) is 2. The third kappa shape index (κ3) is 3.46. The first-order chi connectivity index (χ1) is 9.07. The number of benzene rings is 1. The van der Waals surface area contributed by atoms with Gasteiger partial charge in [0.2, 0.25) is 10.0 Å². The summed E-state index contributed by atoms with van der Waals surface area (Å²) < 4.78 is 26.7. The topological polar surface area (TPSA) is 75.4 Å². The molecular weight excluding hydrogens is 262 g/mol. The highest BCUT2D eigenvalue weighted by Gasteiger charge is 2.31. The minimum Gasteiger partial charge on any atom is -0.324 e. The molecule has 0 aromatic heterocycles. The van der Waals surface area contributed by atoms with Gasteiger partial charge in [-0.3, -0.25) is 5.84 Å². The average Bonchev–Trinajstić information content (AvgIpc) is 3.22. The van der Waals surface area contributed by atoms with Crippen LogP contribution in [0, 0.1) is 5.92 Å². The van der Waals surface area contributed by atoms with Crippen LogP contribution in [0.3, 0.4) is 0 Å². The fourth-order valence-electron chi connectivity index (χ4n) is 2.02. The van der Waals surface area contributed by atoms with E-state index in [0.717, 1.165) is 19.3 Å². The second kappa shape index (κ2) is 5.90. The Labute approximate surface area is 114 Å². The summed E-state index contributed by atoms with van der Waals surface area (Å²) in [6.07, 6.45) is 3.12. The minimum absolute atomic E-state index is 0.334. The fourth-order valence-corrected chi connectivity index (χ4v) is 3.63. The lowest BCUT2D eigenvalue weighted by Crippen LogP contribution is -2.33. The van der Waals surface area contributed by atoms with Gasteiger partial charge in [-0.15, -0.1) is 0 Å². The van der Waals surface area contributed by atoms with Crippen LogP contribution >= 0.6 is 0 Å². The molecule has 0 spiro atoms. The second-order valence-electron chi connectivity index (χ2n) is 4.98. The Bertz CT molecular complexity index is 509. The van der Waals surface area contributed by atoms with E-state index in [1.807, 2.05) is 6.92 Å². The molecule has 1 aliphatic carbocycles. The molecule has 0 amide bonds. The van der Waals surface area contributed by atoms with Gasteiger partial charge in [0.1, 0.15) is 0 Å². The molecule has 0 atom stereocenters. The number of hydrazine groups is 1. The van der Waals surface area contributed by atoms with Crippen LogP contribution in [0.1, 0.15) is 26.2 Å². The van der Waals surface area contributed by atoms with Crippen molar-refractivity contribution in [1.29, 1.82) is 0 Å². The van der Waals surface area contributed by atoms with Crippen molar-refractivity contribution in [2.75, 3.05) is 18.5 Å². The van der Waals surface area contributed by atoms with Gasteiger partial charge < -0.3 is 5.43 Å². The normalized spacial score (nSPS) is 15.7. The van der Waals surface area contributed by atoms with E-state index in [0.29, 0.717) is 29.6 Å². The van der Waals surface area contributed by atoms with Gasteiger partial charge in [-0.25, -0.2) is 8.42 Å². The number of sulfonamides is 1. The Morgan fingerprint density at radius 1 is 1.32 bits per heavy atom.